The number of nitrogens with two attached hydrogens (primary N) is 2. The van der Waals surface area contributed by atoms with E-state index in [0.717, 1.165) is 11.4 Å². The Morgan fingerprint density at radius 1 is 0.650 bits per heavy atom. The average molecular weight is 276 g/mol. The van der Waals surface area contributed by atoms with E-state index in [-0.39, 0.29) is 0 Å². The monoisotopic (exact) mass is 276 g/mol. The Bertz CT molecular complexity index is 527. The molecule has 0 saturated heterocycles. The summed E-state index contributed by atoms with van der Waals surface area (Å²) in [5, 5.41) is 0. The highest BCUT2D eigenvalue weighted by Gasteiger charge is 2.01. The van der Waals surface area contributed by atoms with Gasteiger partial charge in [0.15, 0.2) is 11.5 Å². The van der Waals surface area contributed by atoms with Gasteiger partial charge >= 0.3 is 0 Å². The van der Waals surface area contributed by atoms with Crippen LogP contribution >= 0.6 is 0 Å². The third kappa shape index (κ3) is 4.61. The van der Waals surface area contributed by atoms with Crippen molar-refractivity contribution in [3.63, 3.8) is 0 Å². The average Bonchev–Trinajstić information content (AvgIpc) is 2.48. The summed E-state index contributed by atoms with van der Waals surface area (Å²) in [6, 6.07) is 12.5. The molecular weight excluding hydrogens is 256 g/mol. The van der Waals surface area contributed by atoms with E-state index in [4.69, 9.17) is 25.7 Å². The zero-order chi connectivity index (χ0) is 15.0. The molecule has 0 aliphatic rings. The van der Waals surface area contributed by atoms with Crippen molar-refractivity contribution in [2.45, 2.75) is 0 Å². The number of hydrogen-bond acceptors (Lipinski definition) is 5. The van der Waals surface area contributed by atoms with Crippen LogP contribution in [0.3, 0.4) is 0 Å². The summed E-state index contributed by atoms with van der Waals surface area (Å²) in [6.07, 6.45) is 0. The van der Waals surface area contributed by atoms with E-state index in [1.807, 2.05) is 12.1 Å². The highest BCUT2D eigenvalue weighted by molar-refractivity contribution is 5.51. The molecule has 0 bridgehead atoms. The summed E-state index contributed by atoms with van der Waals surface area (Å²) < 4.78 is 14.9. The number of benzene rings is 2. The smallest absolute Gasteiger partial charge is 0.162 e. The van der Waals surface area contributed by atoms with Crippen LogP contribution in [0.25, 0.3) is 0 Å². The second kappa shape index (κ2) is 7.78. The van der Waals surface area contributed by atoms with Crippen LogP contribution < -0.4 is 25.7 Å². The number of hydrogen-bond donors (Lipinski definition) is 2. The van der Waals surface area contributed by atoms with Crippen molar-refractivity contribution in [2.24, 2.45) is 0 Å². The van der Waals surface area contributed by atoms with Gasteiger partial charge in [0.25, 0.3) is 0 Å². The zero-order valence-electron chi connectivity index (χ0n) is 11.9. The largest absolute Gasteiger partial charge is 0.497 e. The molecule has 108 valence electrons. The number of rotatable bonds is 3. The normalized spacial score (nSPS) is 9.15. The van der Waals surface area contributed by atoms with Crippen LogP contribution in [0.5, 0.6) is 17.2 Å². The van der Waals surface area contributed by atoms with E-state index >= 15 is 0 Å². The Morgan fingerprint density at radius 2 is 1.20 bits per heavy atom. The molecule has 0 saturated carbocycles. The van der Waals surface area contributed by atoms with Gasteiger partial charge in [-0.2, -0.15) is 0 Å². The molecule has 0 radical (unpaired) electrons. The van der Waals surface area contributed by atoms with Crippen LogP contribution in [-0.2, 0) is 0 Å². The summed E-state index contributed by atoms with van der Waals surface area (Å²) in [4.78, 5) is 0. The van der Waals surface area contributed by atoms with Crippen LogP contribution in [0.2, 0.25) is 0 Å². The molecular formula is C15H20N2O3. The number of methoxy groups -OCH3 is 3. The topological polar surface area (TPSA) is 79.7 Å². The van der Waals surface area contributed by atoms with Gasteiger partial charge in [0, 0.05) is 17.4 Å². The van der Waals surface area contributed by atoms with Crippen molar-refractivity contribution < 1.29 is 14.2 Å². The van der Waals surface area contributed by atoms with Gasteiger partial charge in [0.2, 0.25) is 0 Å². The molecule has 0 amide bonds. The summed E-state index contributed by atoms with van der Waals surface area (Å²) in [7, 11) is 4.80. The molecule has 0 aromatic heterocycles. The number of anilines is 2. The lowest BCUT2D eigenvalue weighted by atomic mass is 10.3. The Kier molecular flexibility index (Phi) is 6.03. The zero-order valence-corrected chi connectivity index (χ0v) is 11.9. The molecule has 20 heavy (non-hydrogen) atoms. The van der Waals surface area contributed by atoms with Crippen molar-refractivity contribution in [3.8, 4) is 17.2 Å². The fourth-order valence-corrected chi connectivity index (χ4v) is 1.46. The Hall–Kier alpha value is -2.56. The van der Waals surface area contributed by atoms with E-state index in [1.165, 1.54) is 0 Å². The van der Waals surface area contributed by atoms with Crippen molar-refractivity contribution in [1.29, 1.82) is 0 Å². The molecule has 4 N–H and O–H groups in total. The molecule has 5 heteroatoms. The van der Waals surface area contributed by atoms with Crippen LogP contribution in [0, 0.1) is 0 Å². The molecule has 0 fully saturated rings. The molecule has 0 aliphatic carbocycles. The molecule has 0 aliphatic heterocycles. The fourth-order valence-electron chi connectivity index (χ4n) is 1.46. The van der Waals surface area contributed by atoms with E-state index in [2.05, 4.69) is 0 Å². The fraction of sp³-hybridized carbons (Fsp3) is 0.200. The van der Waals surface area contributed by atoms with Gasteiger partial charge in [0.05, 0.1) is 21.3 Å². The van der Waals surface area contributed by atoms with Crippen LogP contribution in [-0.4, -0.2) is 21.3 Å². The maximum atomic E-state index is 5.52. The van der Waals surface area contributed by atoms with Crippen molar-refractivity contribution in [2.75, 3.05) is 32.8 Å². The van der Waals surface area contributed by atoms with Gasteiger partial charge in [-0.1, -0.05) is 0 Å². The Balaban J connectivity index is 0.000000204. The lowest BCUT2D eigenvalue weighted by Crippen LogP contribution is -1.92. The third-order valence-electron chi connectivity index (χ3n) is 2.52. The summed E-state index contributed by atoms with van der Waals surface area (Å²) >= 11 is 0. The lowest BCUT2D eigenvalue weighted by Gasteiger charge is -2.06. The highest BCUT2D eigenvalue weighted by Crippen LogP contribution is 2.28. The van der Waals surface area contributed by atoms with Gasteiger partial charge < -0.3 is 25.7 Å². The summed E-state index contributed by atoms with van der Waals surface area (Å²) in [5.41, 5.74) is 12.4. The maximum absolute atomic E-state index is 5.52. The van der Waals surface area contributed by atoms with Gasteiger partial charge in [-0.05, 0) is 36.4 Å². The van der Waals surface area contributed by atoms with Gasteiger partial charge in [-0.15, -0.1) is 0 Å². The molecule has 2 rings (SSSR count). The van der Waals surface area contributed by atoms with E-state index < -0.39 is 0 Å². The Morgan fingerprint density at radius 3 is 1.70 bits per heavy atom. The van der Waals surface area contributed by atoms with Crippen molar-refractivity contribution in [3.05, 3.63) is 42.5 Å². The predicted molar refractivity (Wildman–Crippen MR) is 81.4 cm³/mol. The first-order valence-electron chi connectivity index (χ1n) is 5.97. The molecule has 0 spiro atoms. The van der Waals surface area contributed by atoms with Gasteiger partial charge in [-0.25, -0.2) is 0 Å². The van der Waals surface area contributed by atoms with Crippen LogP contribution in [0.1, 0.15) is 0 Å². The second-order valence-electron chi connectivity index (χ2n) is 3.89. The quantitative estimate of drug-likeness (QED) is 0.842. The summed E-state index contributed by atoms with van der Waals surface area (Å²) in [5.74, 6) is 2.19. The minimum absolute atomic E-state index is 0.660. The van der Waals surface area contributed by atoms with E-state index in [1.54, 1.807) is 51.7 Å². The molecule has 2 aromatic rings. The molecule has 5 nitrogen and oxygen atoms in total. The van der Waals surface area contributed by atoms with Crippen LogP contribution in [0.4, 0.5) is 11.4 Å². The highest BCUT2D eigenvalue weighted by atomic mass is 16.5. The first-order chi connectivity index (χ1) is 9.60. The SMILES string of the molecule is COc1ccc(N)cc1.COc1ccc(N)cc1OC. The lowest BCUT2D eigenvalue weighted by molar-refractivity contribution is 0.355. The standard InChI is InChI=1S/C8H11NO2.C7H9NO/c1-10-7-4-3-6(9)5-8(7)11-2;1-9-7-4-2-6(8)3-5-7/h3-5H,9H2,1-2H3;2-5H,8H2,1H3. The second-order valence-corrected chi connectivity index (χ2v) is 3.89. The summed E-state index contributed by atoms with van der Waals surface area (Å²) in [6.45, 7) is 0. The molecule has 2 aromatic carbocycles. The third-order valence-corrected chi connectivity index (χ3v) is 2.52. The minimum Gasteiger partial charge on any atom is -0.497 e. The maximum Gasteiger partial charge on any atom is 0.162 e. The first kappa shape index (κ1) is 15.5. The molecule has 0 heterocycles. The van der Waals surface area contributed by atoms with E-state index in [0.29, 0.717) is 17.2 Å². The molecule has 0 atom stereocenters. The van der Waals surface area contributed by atoms with Crippen molar-refractivity contribution >= 4 is 11.4 Å². The van der Waals surface area contributed by atoms with Gasteiger partial charge in [-0.3, -0.25) is 0 Å². The van der Waals surface area contributed by atoms with E-state index in [9.17, 15) is 0 Å². The minimum atomic E-state index is 0.660. The Labute approximate surface area is 119 Å². The molecule has 0 unspecified atom stereocenters. The predicted octanol–water partition coefficient (Wildman–Crippen LogP) is 2.56. The van der Waals surface area contributed by atoms with Gasteiger partial charge in [0.1, 0.15) is 5.75 Å². The van der Waals surface area contributed by atoms with Crippen molar-refractivity contribution in [1.82, 2.24) is 0 Å². The number of nitrogen functional groups attached to an aromatic ring is 2. The number of ether oxygens (including phenoxy) is 3. The van der Waals surface area contributed by atoms with Crippen LogP contribution in [0.15, 0.2) is 42.5 Å². The first-order valence-corrected chi connectivity index (χ1v) is 5.97.